The molecule has 2 aromatic carbocycles. The van der Waals surface area contributed by atoms with Gasteiger partial charge in [-0.15, -0.1) is 0 Å². The Bertz CT molecular complexity index is 1210. The van der Waals surface area contributed by atoms with Crippen LogP contribution in [0.15, 0.2) is 72.6 Å². The number of pyridine rings is 1. The second-order valence-electron chi connectivity index (χ2n) is 7.18. The number of carbonyl (C=O) groups is 2. The Balaban J connectivity index is 1.86. The van der Waals surface area contributed by atoms with Crippen molar-refractivity contribution in [3.8, 4) is 5.75 Å². The van der Waals surface area contributed by atoms with Crippen molar-refractivity contribution >= 4 is 40.7 Å². The SMILES string of the molecule is COc1ccc(C(O)=C2C(=O)C(=O)N(Cc3ccncc3)[C@@H]2c2ccc(Cl)c(Cl)c2)cc1. The predicted molar refractivity (Wildman–Crippen MR) is 122 cm³/mol. The second-order valence-corrected chi connectivity index (χ2v) is 8.00. The van der Waals surface area contributed by atoms with E-state index in [2.05, 4.69) is 4.98 Å². The van der Waals surface area contributed by atoms with Crippen molar-refractivity contribution in [2.75, 3.05) is 7.11 Å². The fraction of sp³-hybridized carbons (Fsp3) is 0.125. The van der Waals surface area contributed by atoms with Crippen LogP contribution in [0.2, 0.25) is 10.0 Å². The van der Waals surface area contributed by atoms with E-state index in [-0.39, 0.29) is 22.9 Å². The number of aromatic nitrogens is 1. The Labute approximate surface area is 194 Å². The smallest absolute Gasteiger partial charge is 0.295 e. The zero-order valence-electron chi connectivity index (χ0n) is 17.0. The molecule has 0 radical (unpaired) electrons. The van der Waals surface area contributed by atoms with Gasteiger partial charge >= 0.3 is 0 Å². The number of Topliss-reactive ketones (excluding diaryl/α,β-unsaturated/α-hetero) is 1. The van der Waals surface area contributed by atoms with E-state index in [4.69, 9.17) is 27.9 Å². The average Bonchev–Trinajstić information content (AvgIpc) is 3.06. The number of aliphatic hydroxyl groups is 1. The number of carbonyl (C=O) groups excluding carboxylic acids is 2. The standard InChI is InChI=1S/C24H18Cl2N2O4/c1-32-17-5-2-15(3-6-17)22(29)20-21(16-4-7-18(25)19(26)12-16)28(24(31)23(20)30)13-14-8-10-27-11-9-14/h2-12,21,29H,13H2,1H3/t21-/m1/s1. The van der Waals surface area contributed by atoms with Gasteiger partial charge in [-0.05, 0) is 59.7 Å². The highest BCUT2D eigenvalue weighted by molar-refractivity contribution is 6.46. The van der Waals surface area contributed by atoms with Crippen LogP contribution in [-0.4, -0.2) is 33.8 Å². The number of benzene rings is 2. The molecule has 1 atom stereocenters. The summed E-state index contributed by atoms with van der Waals surface area (Å²) in [6.07, 6.45) is 3.22. The van der Waals surface area contributed by atoms with Crippen LogP contribution in [-0.2, 0) is 16.1 Å². The Morgan fingerprint density at radius 3 is 2.34 bits per heavy atom. The summed E-state index contributed by atoms with van der Waals surface area (Å²) in [5.41, 5.74) is 1.71. The molecule has 162 valence electrons. The molecule has 0 saturated carbocycles. The molecule has 0 unspecified atom stereocenters. The van der Waals surface area contributed by atoms with E-state index in [9.17, 15) is 14.7 Å². The number of aliphatic hydroxyl groups excluding tert-OH is 1. The third-order valence-corrected chi connectivity index (χ3v) is 6.00. The van der Waals surface area contributed by atoms with E-state index in [0.29, 0.717) is 21.9 Å². The molecule has 32 heavy (non-hydrogen) atoms. The van der Waals surface area contributed by atoms with E-state index in [0.717, 1.165) is 5.56 Å². The average molecular weight is 469 g/mol. The Hall–Kier alpha value is -3.35. The maximum Gasteiger partial charge on any atom is 0.295 e. The maximum absolute atomic E-state index is 13.1. The molecule has 1 saturated heterocycles. The maximum atomic E-state index is 13.1. The molecule has 3 aromatic rings. The van der Waals surface area contributed by atoms with Crippen molar-refractivity contribution in [3.63, 3.8) is 0 Å². The molecule has 1 N–H and O–H groups in total. The molecule has 1 fully saturated rings. The number of halogens is 2. The Kier molecular flexibility index (Phi) is 6.17. The highest BCUT2D eigenvalue weighted by Gasteiger charge is 2.46. The van der Waals surface area contributed by atoms with Gasteiger partial charge in [0.25, 0.3) is 11.7 Å². The molecule has 0 spiro atoms. The van der Waals surface area contributed by atoms with Crippen molar-refractivity contribution in [2.45, 2.75) is 12.6 Å². The summed E-state index contributed by atoms with van der Waals surface area (Å²) in [7, 11) is 1.53. The first-order chi connectivity index (χ1) is 15.4. The monoisotopic (exact) mass is 468 g/mol. The normalized spacial score (nSPS) is 17.6. The lowest BCUT2D eigenvalue weighted by atomic mass is 9.95. The van der Waals surface area contributed by atoms with Crippen molar-refractivity contribution in [1.82, 2.24) is 9.88 Å². The van der Waals surface area contributed by atoms with Gasteiger partial charge in [0.05, 0.1) is 28.8 Å². The minimum Gasteiger partial charge on any atom is -0.507 e. The van der Waals surface area contributed by atoms with Crippen molar-refractivity contribution < 1.29 is 19.4 Å². The summed E-state index contributed by atoms with van der Waals surface area (Å²) in [4.78, 5) is 31.5. The summed E-state index contributed by atoms with van der Waals surface area (Å²) >= 11 is 12.3. The van der Waals surface area contributed by atoms with E-state index in [1.807, 2.05) is 0 Å². The van der Waals surface area contributed by atoms with Crippen LogP contribution in [0.4, 0.5) is 0 Å². The summed E-state index contributed by atoms with van der Waals surface area (Å²) in [6, 6.07) is 14.1. The third kappa shape index (κ3) is 4.07. The number of nitrogens with zero attached hydrogens (tertiary/aromatic N) is 2. The zero-order chi connectivity index (χ0) is 22.8. The highest BCUT2D eigenvalue weighted by atomic mass is 35.5. The van der Waals surface area contributed by atoms with Crippen LogP contribution in [0.5, 0.6) is 5.75 Å². The number of methoxy groups -OCH3 is 1. The topological polar surface area (TPSA) is 79.7 Å². The minimum absolute atomic E-state index is 0.0207. The number of rotatable bonds is 5. The van der Waals surface area contributed by atoms with Crippen LogP contribution in [0.25, 0.3) is 5.76 Å². The fourth-order valence-electron chi connectivity index (χ4n) is 3.66. The van der Waals surface area contributed by atoms with Gasteiger partial charge < -0.3 is 14.7 Å². The molecule has 2 heterocycles. The molecular weight excluding hydrogens is 451 g/mol. The third-order valence-electron chi connectivity index (χ3n) is 5.27. The number of ketones is 1. The summed E-state index contributed by atoms with van der Waals surface area (Å²) < 4.78 is 5.15. The highest BCUT2D eigenvalue weighted by Crippen LogP contribution is 2.41. The van der Waals surface area contributed by atoms with Crippen LogP contribution in [0.3, 0.4) is 0 Å². The van der Waals surface area contributed by atoms with E-state index in [1.165, 1.54) is 12.0 Å². The Morgan fingerprint density at radius 1 is 1.03 bits per heavy atom. The summed E-state index contributed by atoms with van der Waals surface area (Å²) in [6.45, 7) is 0.150. The molecule has 1 aliphatic rings. The first kappa shape index (κ1) is 21.9. The molecule has 6 nitrogen and oxygen atoms in total. The van der Waals surface area contributed by atoms with Gasteiger partial charge in [0, 0.05) is 24.5 Å². The van der Waals surface area contributed by atoms with E-state index < -0.39 is 17.7 Å². The van der Waals surface area contributed by atoms with Gasteiger partial charge in [0.1, 0.15) is 11.5 Å². The molecule has 4 rings (SSSR count). The van der Waals surface area contributed by atoms with Crippen LogP contribution in [0.1, 0.15) is 22.7 Å². The zero-order valence-corrected chi connectivity index (χ0v) is 18.5. The van der Waals surface area contributed by atoms with Gasteiger partial charge in [-0.25, -0.2) is 0 Å². The second kappa shape index (κ2) is 9.02. The first-order valence-electron chi connectivity index (χ1n) is 9.67. The molecule has 8 heteroatoms. The van der Waals surface area contributed by atoms with Gasteiger partial charge in [0.15, 0.2) is 0 Å². The van der Waals surface area contributed by atoms with Gasteiger partial charge in [-0.2, -0.15) is 0 Å². The van der Waals surface area contributed by atoms with E-state index in [1.54, 1.807) is 67.0 Å². The van der Waals surface area contributed by atoms with Crippen LogP contribution in [0, 0.1) is 0 Å². The van der Waals surface area contributed by atoms with Crippen molar-refractivity contribution in [3.05, 3.63) is 99.3 Å². The van der Waals surface area contributed by atoms with Crippen molar-refractivity contribution in [2.24, 2.45) is 0 Å². The first-order valence-corrected chi connectivity index (χ1v) is 10.4. The van der Waals surface area contributed by atoms with E-state index >= 15 is 0 Å². The van der Waals surface area contributed by atoms with Crippen LogP contribution < -0.4 is 4.74 Å². The number of amides is 1. The Morgan fingerprint density at radius 2 is 1.72 bits per heavy atom. The number of hydrogen-bond acceptors (Lipinski definition) is 5. The van der Waals surface area contributed by atoms with Gasteiger partial charge in [-0.3, -0.25) is 14.6 Å². The number of hydrogen-bond donors (Lipinski definition) is 1. The van der Waals surface area contributed by atoms with Gasteiger partial charge in [0.2, 0.25) is 0 Å². The predicted octanol–water partition coefficient (Wildman–Crippen LogP) is 5.02. The largest absolute Gasteiger partial charge is 0.507 e. The van der Waals surface area contributed by atoms with Crippen LogP contribution >= 0.6 is 23.2 Å². The van der Waals surface area contributed by atoms with Crippen molar-refractivity contribution in [1.29, 1.82) is 0 Å². The number of ether oxygens (including phenoxy) is 1. The molecule has 1 aliphatic heterocycles. The lowest BCUT2D eigenvalue weighted by molar-refractivity contribution is -0.140. The lowest BCUT2D eigenvalue weighted by Gasteiger charge is -2.25. The minimum atomic E-state index is -0.847. The quantitative estimate of drug-likeness (QED) is 0.323. The number of likely N-dealkylation sites (tertiary alicyclic amines) is 1. The summed E-state index contributed by atoms with van der Waals surface area (Å²) in [5.74, 6) is -1.17. The molecule has 0 aliphatic carbocycles. The molecule has 1 aromatic heterocycles. The lowest BCUT2D eigenvalue weighted by Crippen LogP contribution is -2.29. The molecule has 0 bridgehead atoms. The van der Waals surface area contributed by atoms with Gasteiger partial charge in [-0.1, -0.05) is 29.3 Å². The summed E-state index contributed by atoms with van der Waals surface area (Å²) in [5, 5.41) is 11.7. The molecule has 1 amide bonds. The molecular formula is C24H18Cl2N2O4. The fourth-order valence-corrected chi connectivity index (χ4v) is 3.97.